The summed E-state index contributed by atoms with van der Waals surface area (Å²) >= 11 is 0. The molecule has 0 saturated carbocycles. The van der Waals surface area contributed by atoms with Gasteiger partial charge in [-0.2, -0.15) is 0 Å². The highest BCUT2D eigenvalue weighted by Crippen LogP contribution is 2.35. The van der Waals surface area contributed by atoms with Crippen molar-refractivity contribution in [3.05, 3.63) is 65.5 Å². The molecule has 2 aliphatic rings. The van der Waals surface area contributed by atoms with Crippen molar-refractivity contribution in [3.63, 3.8) is 0 Å². The van der Waals surface area contributed by atoms with E-state index in [4.69, 9.17) is 0 Å². The van der Waals surface area contributed by atoms with Gasteiger partial charge in [-0.3, -0.25) is 4.90 Å². The number of piperazine rings is 1. The zero-order chi connectivity index (χ0) is 16.5. The molecule has 0 aromatic heterocycles. The highest BCUT2D eigenvalue weighted by molar-refractivity contribution is 5.46. The molecule has 2 unspecified atom stereocenters. The Hall–Kier alpha value is -1.91. The van der Waals surface area contributed by atoms with E-state index in [1.54, 1.807) is 0 Å². The first-order valence-corrected chi connectivity index (χ1v) is 8.73. The van der Waals surface area contributed by atoms with E-state index in [0.717, 1.165) is 44.7 Å². The predicted molar refractivity (Wildman–Crippen MR) is 93.7 cm³/mol. The normalized spacial score (nSPS) is 24.7. The van der Waals surface area contributed by atoms with Gasteiger partial charge in [-0.15, -0.1) is 0 Å². The van der Waals surface area contributed by atoms with Crippen LogP contribution in [0.15, 0.2) is 48.5 Å². The molecule has 0 amide bonds. The van der Waals surface area contributed by atoms with Gasteiger partial charge in [0, 0.05) is 31.9 Å². The molecule has 2 aromatic rings. The number of benzene rings is 2. The van der Waals surface area contributed by atoms with E-state index in [1.165, 1.54) is 23.3 Å². The van der Waals surface area contributed by atoms with Gasteiger partial charge in [0.15, 0.2) is 0 Å². The van der Waals surface area contributed by atoms with E-state index in [2.05, 4.69) is 34.1 Å². The first-order chi connectivity index (χ1) is 11.7. The maximum Gasteiger partial charge on any atom is 0.123 e. The van der Waals surface area contributed by atoms with Gasteiger partial charge in [0.1, 0.15) is 5.82 Å². The van der Waals surface area contributed by atoms with E-state index in [0.29, 0.717) is 0 Å². The monoisotopic (exact) mass is 326 g/mol. The number of aliphatic hydroxyl groups excluding tert-OH is 1. The summed E-state index contributed by atoms with van der Waals surface area (Å²) in [6, 6.07) is 15.3. The lowest BCUT2D eigenvalue weighted by Crippen LogP contribution is -2.51. The minimum Gasteiger partial charge on any atom is -0.391 e. The first-order valence-electron chi connectivity index (χ1n) is 8.73. The van der Waals surface area contributed by atoms with Crippen molar-refractivity contribution in [2.45, 2.75) is 25.0 Å². The summed E-state index contributed by atoms with van der Waals surface area (Å²) in [5.74, 6) is -0.195. The molecule has 1 aliphatic carbocycles. The molecule has 1 fully saturated rings. The second-order valence-corrected chi connectivity index (χ2v) is 6.75. The molecule has 2 aromatic carbocycles. The lowest BCUT2D eigenvalue weighted by atomic mass is 9.84. The second-order valence-electron chi connectivity index (χ2n) is 6.75. The quantitative estimate of drug-likeness (QED) is 0.919. The molecule has 126 valence electrons. The largest absolute Gasteiger partial charge is 0.391 e. The highest BCUT2D eigenvalue weighted by Gasteiger charge is 2.34. The summed E-state index contributed by atoms with van der Waals surface area (Å²) < 4.78 is 13.1. The average molecular weight is 326 g/mol. The Bertz CT molecular complexity index is 695. The third-order valence-electron chi connectivity index (χ3n) is 5.35. The van der Waals surface area contributed by atoms with Gasteiger partial charge in [0.05, 0.1) is 12.1 Å². The van der Waals surface area contributed by atoms with Crippen LogP contribution in [-0.2, 0) is 6.42 Å². The van der Waals surface area contributed by atoms with E-state index >= 15 is 0 Å². The lowest BCUT2D eigenvalue weighted by Gasteiger charge is -2.44. The summed E-state index contributed by atoms with van der Waals surface area (Å²) in [7, 11) is 0. The number of hydrogen-bond acceptors (Lipinski definition) is 3. The number of anilines is 1. The molecular weight excluding hydrogens is 303 g/mol. The van der Waals surface area contributed by atoms with E-state index < -0.39 is 0 Å². The van der Waals surface area contributed by atoms with Crippen LogP contribution in [0.4, 0.5) is 10.1 Å². The van der Waals surface area contributed by atoms with Crippen LogP contribution in [0.5, 0.6) is 0 Å². The molecule has 1 aliphatic heterocycles. The van der Waals surface area contributed by atoms with E-state index in [1.807, 2.05) is 12.1 Å². The smallest absolute Gasteiger partial charge is 0.123 e. The SMILES string of the molecule is OC1CCc2ccccc2C1N1CCN(c2ccc(F)cc2)CC1. The lowest BCUT2D eigenvalue weighted by molar-refractivity contribution is 0.0325. The Morgan fingerprint density at radius 3 is 2.38 bits per heavy atom. The van der Waals surface area contributed by atoms with Gasteiger partial charge in [0.2, 0.25) is 0 Å². The zero-order valence-electron chi connectivity index (χ0n) is 13.7. The molecule has 3 nitrogen and oxygen atoms in total. The Morgan fingerprint density at radius 2 is 1.62 bits per heavy atom. The number of nitrogens with zero attached hydrogens (tertiary/aromatic N) is 2. The number of fused-ring (bicyclic) bond motifs is 1. The summed E-state index contributed by atoms with van der Waals surface area (Å²) in [6.45, 7) is 3.62. The summed E-state index contributed by atoms with van der Waals surface area (Å²) in [6.07, 6.45) is 1.50. The summed E-state index contributed by atoms with van der Waals surface area (Å²) in [4.78, 5) is 4.69. The van der Waals surface area contributed by atoms with Crippen LogP contribution in [0.3, 0.4) is 0 Å². The topological polar surface area (TPSA) is 26.7 Å². The number of hydrogen-bond donors (Lipinski definition) is 1. The van der Waals surface area contributed by atoms with Gasteiger partial charge in [-0.1, -0.05) is 24.3 Å². The number of aryl methyl sites for hydroxylation is 1. The maximum atomic E-state index is 13.1. The fourth-order valence-corrected chi connectivity index (χ4v) is 4.07. The van der Waals surface area contributed by atoms with Crippen LogP contribution in [0, 0.1) is 5.82 Å². The number of aliphatic hydroxyl groups is 1. The fourth-order valence-electron chi connectivity index (χ4n) is 4.07. The van der Waals surface area contributed by atoms with Gasteiger partial charge in [0.25, 0.3) is 0 Å². The second kappa shape index (κ2) is 6.54. The Morgan fingerprint density at radius 1 is 0.917 bits per heavy atom. The van der Waals surface area contributed by atoms with Crippen LogP contribution >= 0.6 is 0 Å². The number of halogens is 1. The van der Waals surface area contributed by atoms with Crippen LogP contribution in [0.2, 0.25) is 0 Å². The first kappa shape index (κ1) is 15.6. The molecule has 1 N–H and O–H groups in total. The van der Waals surface area contributed by atoms with Crippen molar-refractivity contribution >= 4 is 5.69 Å². The Kier molecular flexibility index (Phi) is 4.25. The van der Waals surface area contributed by atoms with Crippen LogP contribution in [0.1, 0.15) is 23.6 Å². The molecular formula is C20H23FN2O. The van der Waals surface area contributed by atoms with Gasteiger partial charge >= 0.3 is 0 Å². The molecule has 1 saturated heterocycles. The molecule has 0 radical (unpaired) electrons. The fraction of sp³-hybridized carbons (Fsp3) is 0.400. The van der Waals surface area contributed by atoms with Crippen LogP contribution in [-0.4, -0.2) is 42.3 Å². The van der Waals surface area contributed by atoms with Crippen molar-refractivity contribution in [3.8, 4) is 0 Å². The summed E-state index contributed by atoms with van der Waals surface area (Å²) in [5, 5.41) is 10.6. The Labute approximate surface area is 142 Å². The van der Waals surface area contributed by atoms with Crippen molar-refractivity contribution in [1.29, 1.82) is 0 Å². The zero-order valence-corrected chi connectivity index (χ0v) is 13.7. The standard InChI is InChI=1S/C20H23FN2O/c21-16-6-8-17(9-7-16)22-11-13-23(14-12-22)20-18-4-2-1-3-15(18)5-10-19(20)24/h1-4,6-9,19-20,24H,5,10-14H2. The molecule has 0 spiro atoms. The molecule has 4 rings (SSSR count). The van der Waals surface area contributed by atoms with E-state index in [-0.39, 0.29) is 18.0 Å². The van der Waals surface area contributed by atoms with Gasteiger partial charge < -0.3 is 10.0 Å². The maximum absolute atomic E-state index is 13.1. The number of rotatable bonds is 2. The molecule has 0 bridgehead atoms. The molecule has 4 heteroatoms. The van der Waals surface area contributed by atoms with Crippen LogP contribution < -0.4 is 4.90 Å². The summed E-state index contributed by atoms with van der Waals surface area (Å²) in [5.41, 5.74) is 3.72. The van der Waals surface area contributed by atoms with Crippen molar-refractivity contribution in [2.24, 2.45) is 0 Å². The predicted octanol–water partition coefficient (Wildman–Crippen LogP) is 3.00. The van der Waals surface area contributed by atoms with Gasteiger partial charge in [-0.25, -0.2) is 4.39 Å². The van der Waals surface area contributed by atoms with Gasteiger partial charge in [-0.05, 0) is 48.2 Å². The minimum atomic E-state index is -0.294. The van der Waals surface area contributed by atoms with Crippen molar-refractivity contribution in [2.75, 3.05) is 31.1 Å². The third kappa shape index (κ3) is 2.92. The molecule has 1 heterocycles. The minimum absolute atomic E-state index is 0.102. The van der Waals surface area contributed by atoms with Crippen LogP contribution in [0.25, 0.3) is 0 Å². The highest BCUT2D eigenvalue weighted by atomic mass is 19.1. The third-order valence-corrected chi connectivity index (χ3v) is 5.35. The molecule has 2 atom stereocenters. The van der Waals surface area contributed by atoms with Crippen molar-refractivity contribution in [1.82, 2.24) is 4.90 Å². The average Bonchev–Trinajstić information content (AvgIpc) is 2.63. The van der Waals surface area contributed by atoms with E-state index in [9.17, 15) is 9.50 Å². The van der Waals surface area contributed by atoms with Crippen molar-refractivity contribution < 1.29 is 9.50 Å². The Balaban J connectivity index is 1.49. The molecule has 24 heavy (non-hydrogen) atoms.